The molecule has 1 aromatic carbocycles. The van der Waals surface area contributed by atoms with Crippen LogP contribution in [-0.4, -0.2) is 16.2 Å². The van der Waals surface area contributed by atoms with Crippen LogP contribution in [0.3, 0.4) is 0 Å². The molecule has 4 nitrogen and oxygen atoms in total. The van der Waals surface area contributed by atoms with Crippen LogP contribution in [0, 0.1) is 0 Å². The van der Waals surface area contributed by atoms with Crippen molar-refractivity contribution in [2.75, 3.05) is 0 Å². The Labute approximate surface area is 118 Å². The van der Waals surface area contributed by atoms with Gasteiger partial charge in [-0.3, -0.25) is 0 Å². The lowest BCUT2D eigenvalue weighted by atomic mass is 10.2. The Morgan fingerprint density at radius 1 is 1.44 bits per heavy atom. The maximum Gasteiger partial charge on any atom is 0.259 e. The quantitative estimate of drug-likeness (QED) is 0.934. The van der Waals surface area contributed by atoms with Crippen LogP contribution >= 0.6 is 27.5 Å². The number of benzene rings is 1. The fraction of sp³-hybridized carbons (Fsp3) is 0.333. The summed E-state index contributed by atoms with van der Waals surface area (Å²) in [6.07, 6.45) is 2.48. The molecule has 0 radical (unpaired) electrons. The lowest BCUT2D eigenvalue weighted by Crippen LogP contribution is -2.16. The Morgan fingerprint density at radius 3 is 3.06 bits per heavy atom. The normalized spacial score (nSPS) is 15.0. The molecule has 0 saturated heterocycles. The van der Waals surface area contributed by atoms with Gasteiger partial charge in [-0.05, 0) is 40.9 Å². The van der Waals surface area contributed by atoms with Gasteiger partial charge in [-0.1, -0.05) is 22.8 Å². The van der Waals surface area contributed by atoms with E-state index in [0.717, 1.165) is 10.0 Å². The first-order valence-corrected chi connectivity index (χ1v) is 6.91. The van der Waals surface area contributed by atoms with Gasteiger partial charge < -0.3 is 9.84 Å². The molecule has 0 amide bonds. The van der Waals surface area contributed by atoms with Crippen LogP contribution in [0.15, 0.2) is 27.2 Å². The summed E-state index contributed by atoms with van der Waals surface area (Å²) >= 11 is 9.56. The SMILES string of the molecule is Clc1c(Br)cccc1-c1nc(CNC2CC2)no1. The topological polar surface area (TPSA) is 51.0 Å². The standard InChI is InChI=1S/C12H11BrClN3O/c13-9-3-1-2-8(11(9)14)12-16-10(17-18-12)6-15-7-4-5-7/h1-3,7,15H,4-6H2. The van der Waals surface area contributed by atoms with Gasteiger partial charge in [-0.25, -0.2) is 0 Å². The van der Waals surface area contributed by atoms with Gasteiger partial charge in [0, 0.05) is 10.5 Å². The zero-order valence-corrected chi connectivity index (χ0v) is 11.8. The van der Waals surface area contributed by atoms with Crippen molar-refractivity contribution < 1.29 is 4.52 Å². The summed E-state index contributed by atoms with van der Waals surface area (Å²) in [5, 5.41) is 7.86. The van der Waals surface area contributed by atoms with Crippen molar-refractivity contribution in [1.29, 1.82) is 0 Å². The first kappa shape index (κ1) is 12.1. The van der Waals surface area contributed by atoms with Crippen molar-refractivity contribution in [3.8, 4) is 11.5 Å². The van der Waals surface area contributed by atoms with E-state index in [1.54, 1.807) is 0 Å². The van der Waals surface area contributed by atoms with Crippen molar-refractivity contribution in [1.82, 2.24) is 15.5 Å². The second-order valence-electron chi connectivity index (χ2n) is 4.27. The van der Waals surface area contributed by atoms with Gasteiger partial charge in [-0.15, -0.1) is 0 Å². The molecule has 94 valence electrons. The second kappa shape index (κ2) is 4.99. The summed E-state index contributed by atoms with van der Waals surface area (Å²) in [5.41, 5.74) is 0.746. The van der Waals surface area contributed by atoms with Crippen LogP contribution < -0.4 is 5.32 Å². The molecule has 1 aliphatic rings. The van der Waals surface area contributed by atoms with E-state index in [9.17, 15) is 0 Å². The van der Waals surface area contributed by atoms with Gasteiger partial charge in [-0.2, -0.15) is 4.98 Å². The predicted molar refractivity (Wildman–Crippen MR) is 72.3 cm³/mol. The summed E-state index contributed by atoms with van der Waals surface area (Å²) in [6.45, 7) is 0.639. The largest absolute Gasteiger partial charge is 0.334 e. The number of hydrogen-bond acceptors (Lipinski definition) is 4. The van der Waals surface area contributed by atoms with E-state index in [4.69, 9.17) is 16.1 Å². The van der Waals surface area contributed by atoms with Crippen LogP contribution in [-0.2, 0) is 6.54 Å². The Hall–Kier alpha value is -0.910. The van der Waals surface area contributed by atoms with Crippen molar-refractivity contribution >= 4 is 27.5 Å². The van der Waals surface area contributed by atoms with E-state index < -0.39 is 0 Å². The number of nitrogens with one attached hydrogen (secondary N) is 1. The maximum atomic E-state index is 6.18. The van der Waals surface area contributed by atoms with Crippen LogP contribution in [0.4, 0.5) is 0 Å². The average Bonchev–Trinajstić information content (AvgIpc) is 3.08. The summed E-state index contributed by atoms with van der Waals surface area (Å²) in [6, 6.07) is 6.25. The number of hydrogen-bond donors (Lipinski definition) is 1. The lowest BCUT2D eigenvalue weighted by Gasteiger charge is -1.99. The minimum atomic E-state index is 0.453. The van der Waals surface area contributed by atoms with Gasteiger partial charge in [0.25, 0.3) is 5.89 Å². The summed E-state index contributed by atoms with van der Waals surface area (Å²) in [4.78, 5) is 4.34. The molecule has 18 heavy (non-hydrogen) atoms. The minimum Gasteiger partial charge on any atom is -0.334 e. The molecule has 1 heterocycles. The highest BCUT2D eigenvalue weighted by atomic mass is 79.9. The van der Waals surface area contributed by atoms with Gasteiger partial charge >= 0.3 is 0 Å². The highest BCUT2D eigenvalue weighted by molar-refractivity contribution is 9.10. The molecule has 0 aliphatic heterocycles. The Balaban J connectivity index is 1.80. The first-order valence-electron chi connectivity index (χ1n) is 5.74. The molecule has 0 unspecified atom stereocenters. The highest BCUT2D eigenvalue weighted by Gasteiger charge is 2.21. The molecule has 3 rings (SSSR count). The molecule has 0 spiro atoms. The average molecular weight is 329 g/mol. The fourth-order valence-electron chi connectivity index (χ4n) is 1.63. The lowest BCUT2D eigenvalue weighted by molar-refractivity contribution is 0.419. The van der Waals surface area contributed by atoms with E-state index >= 15 is 0 Å². The van der Waals surface area contributed by atoms with E-state index in [2.05, 4.69) is 31.4 Å². The van der Waals surface area contributed by atoms with E-state index in [-0.39, 0.29) is 0 Å². The van der Waals surface area contributed by atoms with Gasteiger partial charge in [0.2, 0.25) is 0 Å². The maximum absolute atomic E-state index is 6.18. The third-order valence-corrected chi connectivity index (χ3v) is 4.07. The van der Waals surface area contributed by atoms with E-state index in [1.165, 1.54) is 12.8 Å². The van der Waals surface area contributed by atoms with Crippen molar-refractivity contribution in [3.63, 3.8) is 0 Å². The van der Waals surface area contributed by atoms with Crippen LogP contribution in [0.2, 0.25) is 5.02 Å². The number of halogens is 2. The molecule has 1 saturated carbocycles. The minimum absolute atomic E-state index is 0.453. The third kappa shape index (κ3) is 2.58. The molecule has 1 N–H and O–H groups in total. The van der Waals surface area contributed by atoms with E-state index in [0.29, 0.717) is 29.3 Å². The van der Waals surface area contributed by atoms with Crippen molar-refractivity contribution in [2.24, 2.45) is 0 Å². The first-order chi connectivity index (χ1) is 8.74. The predicted octanol–water partition coefficient (Wildman–Crippen LogP) is 3.40. The summed E-state index contributed by atoms with van der Waals surface area (Å²) in [7, 11) is 0. The second-order valence-corrected chi connectivity index (χ2v) is 5.50. The van der Waals surface area contributed by atoms with Crippen LogP contribution in [0.1, 0.15) is 18.7 Å². The van der Waals surface area contributed by atoms with Gasteiger partial charge in [0.15, 0.2) is 5.82 Å². The molecule has 1 fully saturated rings. The molecule has 0 atom stereocenters. The molecule has 6 heteroatoms. The summed E-state index contributed by atoms with van der Waals surface area (Å²) in [5.74, 6) is 1.11. The van der Waals surface area contributed by atoms with Crippen LogP contribution in [0.5, 0.6) is 0 Å². The van der Waals surface area contributed by atoms with Crippen molar-refractivity contribution in [3.05, 3.63) is 33.5 Å². The molecule has 1 aromatic heterocycles. The Kier molecular flexibility index (Phi) is 3.37. The summed E-state index contributed by atoms with van der Waals surface area (Å²) < 4.78 is 6.05. The molecular formula is C12H11BrClN3O. The smallest absolute Gasteiger partial charge is 0.259 e. The van der Waals surface area contributed by atoms with Crippen LogP contribution in [0.25, 0.3) is 11.5 Å². The third-order valence-electron chi connectivity index (χ3n) is 2.78. The van der Waals surface area contributed by atoms with Gasteiger partial charge in [0.1, 0.15) is 0 Å². The number of nitrogens with zero attached hydrogens (tertiary/aromatic N) is 2. The van der Waals surface area contributed by atoms with Gasteiger partial charge in [0.05, 0.1) is 17.1 Å². The molecule has 0 bridgehead atoms. The molecular weight excluding hydrogens is 318 g/mol. The highest BCUT2D eigenvalue weighted by Crippen LogP contribution is 2.32. The zero-order chi connectivity index (χ0) is 12.5. The monoisotopic (exact) mass is 327 g/mol. The number of rotatable bonds is 4. The molecule has 1 aliphatic carbocycles. The fourth-order valence-corrected chi connectivity index (χ4v) is 2.20. The molecule has 2 aromatic rings. The number of aromatic nitrogens is 2. The zero-order valence-electron chi connectivity index (χ0n) is 9.49. The Bertz CT molecular complexity index is 568. The van der Waals surface area contributed by atoms with Crippen molar-refractivity contribution in [2.45, 2.75) is 25.4 Å². The Morgan fingerprint density at radius 2 is 2.28 bits per heavy atom. The van der Waals surface area contributed by atoms with E-state index in [1.807, 2.05) is 18.2 Å².